The van der Waals surface area contributed by atoms with Crippen molar-refractivity contribution in [2.24, 2.45) is 4.99 Å². The van der Waals surface area contributed by atoms with Crippen LogP contribution in [0.25, 0.3) is 22.3 Å². The van der Waals surface area contributed by atoms with Gasteiger partial charge in [-0.3, -0.25) is 0 Å². The van der Waals surface area contributed by atoms with Crippen molar-refractivity contribution in [2.75, 3.05) is 19.5 Å². The van der Waals surface area contributed by atoms with Gasteiger partial charge in [-0.1, -0.05) is 24.3 Å². The molecule has 5 rings (SSSR count). The van der Waals surface area contributed by atoms with Crippen LogP contribution in [0.5, 0.6) is 11.5 Å². The predicted octanol–water partition coefficient (Wildman–Crippen LogP) is 7.71. The van der Waals surface area contributed by atoms with Crippen molar-refractivity contribution in [3.8, 4) is 22.8 Å². The minimum absolute atomic E-state index is 0.644. The quantitative estimate of drug-likeness (QED) is 0.273. The first kappa shape index (κ1) is 23.2. The van der Waals surface area contributed by atoms with E-state index in [0.717, 1.165) is 50.1 Å². The molecule has 0 saturated heterocycles. The van der Waals surface area contributed by atoms with Gasteiger partial charge in [0.25, 0.3) is 0 Å². The van der Waals surface area contributed by atoms with E-state index in [1.165, 1.54) is 0 Å². The lowest BCUT2D eigenvalue weighted by atomic mass is 10.0. The van der Waals surface area contributed by atoms with Crippen LogP contribution in [-0.4, -0.2) is 14.2 Å². The monoisotopic (exact) mass is 476 g/mol. The second kappa shape index (κ2) is 10.0. The zero-order valence-corrected chi connectivity index (χ0v) is 20.8. The van der Waals surface area contributed by atoms with Gasteiger partial charge in [0.15, 0.2) is 11.5 Å². The van der Waals surface area contributed by atoms with E-state index < -0.39 is 0 Å². The summed E-state index contributed by atoms with van der Waals surface area (Å²) >= 11 is 0. The summed E-state index contributed by atoms with van der Waals surface area (Å²) in [5.41, 5.74) is 6.84. The molecule has 0 amide bonds. The van der Waals surface area contributed by atoms with Gasteiger partial charge in [0.2, 0.25) is 0 Å². The topological polar surface area (TPSA) is 56.0 Å². The van der Waals surface area contributed by atoms with Crippen LogP contribution in [-0.2, 0) is 0 Å². The highest BCUT2D eigenvalue weighted by molar-refractivity contribution is 5.83. The van der Waals surface area contributed by atoms with Gasteiger partial charge in [0, 0.05) is 28.4 Å². The molecule has 5 nitrogen and oxygen atoms in total. The summed E-state index contributed by atoms with van der Waals surface area (Å²) in [5.74, 6) is 2.02. The SMILES string of the molecule is COc1ccc(-c2cc(=Nc3ccc(Nc4ccccc4)cc3)c3c(C)cc(C)cc3o2)cc1OC. The number of aryl methyl sites for hydroxylation is 2. The molecule has 1 heterocycles. The molecule has 180 valence electrons. The minimum atomic E-state index is 0.644. The summed E-state index contributed by atoms with van der Waals surface area (Å²) in [5, 5.41) is 5.26. The lowest BCUT2D eigenvalue weighted by molar-refractivity contribution is 0.355. The number of fused-ring (bicyclic) bond motifs is 1. The summed E-state index contributed by atoms with van der Waals surface area (Å²) in [6.07, 6.45) is 0. The Morgan fingerprint density at radius 2 is 1.44 bits per heavy atom. The molecule has 0 unspecified atom stereocenters. The van der Waals surface area contributed by atoms with Crippen molar-refractivity contribution < 1.29 is 13.9 Å². The van der Waals surface area contributed by atoms with E-state index in [0.29, 0.717) is 17.3 Å². The number of hydrogen-bond donors (Lipinski definition) is 1. The highest BCUT2D eigenvalue weighted by atomic mass is 16.5. The van der Waals surface area contributed by atoms with Crippen LogP contribution in [0.1, 0.15) is 11.1 Å². The fourth-order valence-corrected chi connectivity index (χ4v) is 4.35. The van der Waals surface area contributed by atoms with Gasteiger partial charge in [-0.25, -0.2) is 4.99 Å². The van der Waals surface area contributed by atoms with E-state index in [2.05, 4.69) is 31.3 Å². The number of benzene rings is 4. The van der Waals surface area contributed by atoms with Crippen molar-refractivity contribution in [3.05, 3.63) is 107 Å². The molecule has 4 aromatic carbocycles. The molecule has 5 heteroatoms. The predicted molar refractivity (Wildman–Crippen MR) is 146 cm³/mol. The molecule has 0 aliphatic rings. The Kier molecular flexibility index (Phi) is 6.46. The molecule has 0 aliphatic heterocycles. The first-order chi connectivity index (χ1) is 17.5. The Balaban J connectivity index is 1.61. The first-order valence-electron chi connectivity index (χ1n) is 11.8. The highest BCUT2D eigenvalue weighted by Gasteiger charge is 2.12. The molecule has 0 spiro atoms. The molecule has 0 saturated carbocycles. The summed E-state index contributed by atoms with van der Waals surface area (Å²) < 4.78 is 17.3. The Morgan fingerprint density at radius 1 is 0.722 bits per heavy atom. The van der Waals surface area contributed by atoms with Crippen LogP contribution in [0.4, 0.5) is 17.1 Å². The Hall–Kier alpha value is -4.51. The molecular weight excluding hydrogens is 448 g/mol. The minimum Gasteiger partial charge on any atom is -0.493 e. The third-order valence-electron chi connectivity index (χ3n) is 6.03. The highest BCUT2D eigenvalue weighted by Crippen LogP contribution is 2.33. The fraction of sp³-hybridized carbons (Fsp3) is 0.129. The number of ether oxygens (including phenoxy) is 2. The van der Waals surface area contributed by atoms with Crippen molar-refractivity contribution in [2.45, 2.75) is 13.8 Å². The molecule has 36 heavy (non-hydrogen) atoms. The normalized spacial score (nSPS) is 11.5. The largest absolute Gasteiger partial charge is 0.493 e. The van der Waals surface area contributed by atoms with Gasteiger partial charge < -0.3 is 19.2 Å². The number of methoxy groups -OCH3 is 2. The van der Waals surface area contributed by atoms with Crippen LogP contribution >= 0.6 is 0 Å². The maximum Gasteiger partial charge on any atom is 0.161 e. The standard InChI is InChI=1S/C31H28N2O3/c1-20-16-21(2)31-26(33-25-13-11-24(12-14-25)32-23-8-6-5-7-9-23)19-28(36-30(31)17-20)22-10-15-27(34-3)29(18-22)35-4/h5-19,32H,1-4H3. The maximum absolute atomic E-state index is 6.38. The Morgan fingerprint density at radius 3 is 2.17 bits per heavy atom. The van der Waals surface area contributed by atoms with Gasteiger partial charge in [-0.05, 0) is 85.6 Å². The number of hydrogen-bond acceptors (Lipinski definition) is 5. The molecular formula is C31H28N2O3. The Bertz CT molecular complexity index is 1590. The average Bonchev–Trinajstić information content (AvgIpc) is 2.89. The van der Waals surface area contributed by atoms with Gasteiger partial charge in [-0.2, -0.15) is 0 Å². The van der Waals surface area contributed by atoms with Crippen LogP contribution in [0.15, 0.2) is 100 Å². The summed E-state index contributed by atoms with van der Waals surface area (Å²) in [7, 11) is 3.25. The molecule has 0 fully saturated rings. The van der Waals surface area contributed by atoms with E-state index in [1.54, 1.807) is 14.2 Å². The van der Waals surface area contributed by atoms with Crippen LogP contribution in [0.2, 0.25) is 0 Å². The van der Waals surface area contributed by atoms with Gasteiger partial charge >= 0.3 is 0 Å². The summed E-state index contributed by atoms with van der Waals surface area (Å²) in [4.78, 5) is 5.03. The number of anilines is 2. The van der Waals surface area contributed by atoms with Crippen molar-refractivity contribution in [1.82, 2.24) is 0 Å². The molecule has 0 aliphatic carbocycles. The summed E-state index contributed by atoms with van der Waals surface area (Å²) in [6.45, 7) is 4.16. The van der Waals surface area contributed by atoms with Gasteiger partial charge in [0.05, 0.1) is 25.3 Å². The molecule has 5 aromatic rings. The van der Waals surface area contributed by atoms with E-state index in [1.807, 2.05) is 78.9 Å². The van der Waals surface area contributed by atoms with Crippen LogP contribution < -0.4 is 20.1 Å². The number of nitrogens with one attached hydrogen (secondary N) is 1. The zero-order chi connectivity index (χ0) is 25.1. The first-order valence-corrected chi connectivity index (χ1v) is 11.8. The average molecular weight is 477 g/mol. The fourth-order valence-electron chi connectivity index (χ4n) is 4.35. The lowest BCUT2D eigenvalue weighted by Crippen LogP contribution is -2.05. The molecule has 0 radical (unpaired) electrons. The van der Waals surface area contributed by atoms with Crippen molar-refractivity contribution in [1.29, 1.82) is 0 Å². The zero-order valence-electron chi connectivity index (χ0n) is 20.8. The smallest absolute Gasteiger partial charge is 0.161 e. The van der Waals surface area contributed by atoms with E-state index in [4.69, 9.17) is 18.9 Å². The summed E-state index contributed by atoms with van der Waals surface area (Å²) in [6, 6.07) is 30.2. The third-order valence-corrected chi connectivity index (χ3v) is 6.03. The van der Waals surface area contributed by atoms with E-state index in [-0.39, 0.29) is 0 Å². The molecule has 1 N–H and O–H groups in total. The Labute approximate surface area is 210 Å². The second-order valence-corrected chi connectivity index (χ2v) is 8.67. The molecule has 0 atom stereocenters. The van der Waals surface area contributed by atoms with E-state index in [9.17, 15) is 0 Å². The van der Waals surface area contributed by atoms with E-state index >= 15 is 0 Å². The van der Waals surface area contributed by atoms with Crippen molar-refractivity contribution >= 4 is 28.0 Å². The maximum atomic E-state index is 6.38. The van der Waals surface area contributed by atoms with Crippen LogP contribution in [0, 0.1) is 13.8 Å². The number of para-hydroxylation sites is 1. The lowest BCUT2D eigenvalue weighted by Gasteiger charge is -2.11. The van der Waals surface area contributed by atoms with Crippen molar-refractivity contribution in [3.63, 3.8) is 0 Å². The third kappa shape index (κ3) is 4.82. The van der Waals surface area contributed by atoms with Gasteiger partial charge in [-0.15, -0.1) is 0 Å². The number of rotatable bonds is 6. The van der Waals surface area contributed by atoms with Crippen LogP contribution in [0.3, 0.4) is 0 Å². The molecule has 0 bridgehead atoms. The molecule has 1 aromatic heterocycles. The van der Waals surface area contributed by atoms with Gasteiger partial charge in [0.1, 0.15) is 11.3 Å². The second-order valence-electron chi connectivity index (χ2n) is 8.67. The number of nitrogens with zero attached hydrogens (tertiary/aromatic N) is 1.